The molecule has 2 aromatic heterocycles. The number of carbonyl (C=O) groups is 2. The Labute approximate surface area is 162 Å². The Hall–Kier alpha value is -3.42. The minimum absolute atomic E-state index is 0.0737. The first-order chi connectivity index (χ1) is 13.6. The van der Waals surface area contributed by atoms with E-state index in [2.05, 4.69) is 15.5 Å². The highest BCUT2D eigenvalue weighted by Crippen LogP contribution is 2.18. The van der Waals surface area contributed by atoms with Gasteiger partial charge in [-0.1, -0.05) is 12.1 Å². The van der Waals surface area contributed by atoms with Crippen molar-refractivity contribution >= 4 is 11.8 Å². The van der Waals surface area contributed by atoms with Crippen LogP contribution in [0, 0.1) is 0 Å². The van der Waals surface area contributed by atoms with Gasteiger partial charge in [0.1, 0.15) is 5.76 Å². The quantitative estimate of drug-likeness (QED) is 0.643. The molecule has 0 atom stereocenters. The summed E-state index contributed by atoms with van der Waals surface area (Å²) in [6.07, 6.45) is 2.54. The number of amides is 2. The summed E-state index contributed by atoms with van der Waals surface area (Å²) in [5.41, 5.74) is 1.24. The van der Waals surface area contributed by atoms with Crippen molar-refractivity contribution in [1.29, 1.82) is 0 Å². The molecule has 0 saturated heterocycles. The van der Waals surface area contributed by atoms with Gasteiger partial charge in [0.15, 0.2) is 5.82 Å². The molecule has 0 radical (unpaired) electrons. The second kappa shape index (κ2) is 8.98. The van der Waals surface area contributed by atoms with E-state index in [1.807, 2.05) is 6.92 Å². The van der Waals surface area contributed by atoms with E-state index in [9.17, 15) is 9.59 Å². The maximum absolute atomic E-state index is 12.2. The van der Waals surface area contributed by atoms with Crippen molar-refractivity contribution in [2.24, 2.45) is 0 Å². The fraction of sp³-hybridized carbons (Fsp3) is 0.300. The van der Waals surface area contributed by atoms with E-state index in [-0.39, 0.29) is 11.8 Å². The van der Waals surface area contributed by atoms with Crippen LogP contribution in [0.2, 0.25) is 0 Å². The molecule has 8 heteroatoms. The maximum atomic E-state index is 12.2. The number of benzene rings is 1. The first-order valence-corrected chi connectivity index (χ1v) is 9.04. The average molecular weight is 382 g/mol. The van der Waals surface area contributed by atoms with E-state index < -0.39 is 0 Å². The highest BCUT2D eigenvalue weighted by molar-refractivity contribution is 5.94. The van der Waals surface area contributed by atoms with E-state index >= 15 is 0 Å². The van der Waals surface area contributed by atoms with Gasteiger partial charge in [0, 0.05) is 37.6 Å². The van der Waals surface area contributed by atoms with Crippen LogP contribution in [-0.4, -0.2) is 40.4 Å². The van der Waals surface area contributed by atoms with Crippen LogP contribution in [-0.2, 0) is 17.8 Å². The number of aromatic nitrogens is 2. The molecule has 3 aromatic rings. The summed E-state index contributed by atoms with van der Waals surface area (Å²) in [6, 6.07) is 10.5. The van der Waals surface area contributed by atoms with Crippen molar-refractivity contribution < 1.29 is 18.5 Å². The molecule has 0 fully saturated rings. The molecule has 1 aromatic carbocycles. The largest absolute Gasteiger partial charge is 0.467 e. The summed E-state index contributed by atoms with van der Waals surface area (Å²) in [5, 5.41) is 6.74. The lowest BCUT2D eigenvalue weighted by Crippen LogP contribution is -2.28. The lowest BCUT2D eigenvalue weighted by molar-refractivity contribution is -0.129. The van der Waals surface area contributed by atoms with Crippen LogP contribution in [0.5, 0.6) is 0 Å². The molecule has 146 valence electrons. The molecule has 0 bridgehead atoms. The third kappa shape index (κ3) is 4.85. The molecule has 0 saturated carbocycles. The lowest BCUT2D eigenvalue weighted by atomic mass is 10.1. The molecule has 0 aliphatic carbocycles. The van der Waals surface area contributed by atoms with Crippen LogP contribution in [0.25, 0.3) is 11.5 Å². The van der Waals surface area contributed by atoms with Crippen molar-refractivity contribution in [2.45, 2.75) is 26.3 Å². The molecule has 2 amide bonds. The van der Waals surface area contributed by atoms with Gasteiger partial charge >= 0.3 is 0 Å². The number of rotatable bonds is 8. The number of carbonyl (C=O) groups excluding carboxylic acids is 2. The fourth-order valence-corrected chi connectivity index (χ4v) is 2.58. The first kappa shape index (κ1) is 19.3. The Morgan fingerprint density at radius 1 is 1.18 bits per heavy atom. The number of nitrogens with one attached hydrogen (secondary N) is 1. The van der Waals surface area contributed by atoms with Gasteiger partial charge in [-0.15, -0.1) is 0 Å². The van der Waals surface area contributed by atoms with Crippen LogP contribution in [0.3, 0.4) is 0 Å². The van der Waals surface area contributed by atoms with E-state index in [0.717, 1.165) is 5.56 Å². The number of hydrogen-bond donors (Lipinski definition) is 1. The van der Waals surface area contributed by atoms with Crippen molar-refractivity contribution in [3.63, 3.8) is 0 Å². The van der Waals surface area contributed by atoms with Crippen LogP contribution in [0.1, 0.15) is 35.3 Å². The zero-order valence-corrected chi connectivity index (χ0v) is 15.8. The predicted molar refractivity (Wildman–Crippen MR) is 101 cm³/mol. The normalized spacial score (nSPS) is 10.6. The Morgan fingerprint density at radius 2 is 1.96 bits per heavy atom. The highest BCUT2D eigenvalue weighted by Gasteiger charge is 2.13. The molecule has 3 rings (SSSR count). The summed E-state index contributed by atoms with van der Waals surface area (Å²) in [6.45, 7) is 2.68. The van der Waals surface area contributed by atoms with Crippen molar-refractivity contribution in [3.8, 4) is 11.5 Å². The summed E-state index contributed by atoms with van der Waals surface area (Å²) >= 11 is 0. The Morgan fingerprint density at radius 3 is 2.64 bits per heavy atom. The molecular formula is C20H22N4O4. The SMILES string of the molecule is CCC(=O)N(C)CCc1noc(-c2ccc(C(=O)NCc3ccco3)cc2)n1. The molecule has 8 nitrogen and oxygen atoms in total. The third-order valence-corrected chi connectivity index (χ3v) is 4.26. The molecule has 28 heavy (non-hydrogen) atoms. The zero-order valence-electron chi connectivity index (χ0n) is 15.8. The van der Waals surface area contributed by atoms with Crippen molar-refractivity contribution in [1.82, 2.24) is 20.4 Å². The fourth-order valence-electron chi connectivity index (χ4n) is 2.58. The van der Waals surface area contributed by atoms with E-state index in [1.165, 1.54) is 0 Å². The lowest BCUT2D eigenvalue weighted by Gasteiger charge is -2.14. The van der Waals surface area contributed by atoms with Crippen LogP contribution >= 0.6 is 0 Å². The second-order valence-electron chi connectivity index (χ2n) is 6.27. The minimum Gasteiger partial charge on any atom is -0.467 e. The summed E-state index contributed by atoms with van der Waals surface area (Å²) in [5.74, 6) is 1.48. The van der Waals surface area contributed by atoms with Crippen LogP contribution < -0.4 is 5.32 Å². The van der Waals surface area contributed by atoms with Gasteiger partial charge in [-0.3, -0.25) is 9.59 Å². The van der Waals surface area contributed by atoms with E-state index in [0.29, 0.717) is 49.0 Å². The molecule has 1 N–H and O–H groups in total. The number of nitrogens with zero attached hydrogens (tertiary/aromatic N) is 3. The standard InChI is InChI=1S/C20H22N4O4/c1-3-18(25)24(2)11-10-17-22-20(28-23-17)15-8-6-14(7-9-15)19(26)21-13-16-5-4-12-27-16/h4-9,12H,3,10-11,13H2,1-2H3,(H,21,26). The first-order valence-electron chi connectivity index (χ1n) is 9.04. The Bertz CT molecular complexity index is 916. The van der Waals surface area contributed by atoms with Gasteiger partial charge in [-0.25, -0.2) is 0 Å². The van der Waals surface area contributed by atoms with Gasteiger partial charge in [0.05, 0.1) is 12.8 Å². The Kier molecular flexibility index (Phi) is 6.21. The van der Waals surface area contributed by atoms with Crippen LogP contribution in [0.15, 0.2) is 51.6 Å². The van der Waals surface area contributed by atoms with Crippen molar-refractivity contribution in [2.75, 3.05) is 13.6 Å². The molecule has 0 unspecified atom stereocenters. The van der Waals surface area contributed by atoms with E-state index in [4.69, 9.17) is 8.94 Å². The molecule has 0 aliphatic rings. The predicted octanol–water partition coefficient (Wildman–Crippen LogP) is 2.67. The smallest absolute Gasteiger partial charge is 0.257 e. The van der Waals surface area contributed by atoms with Crippen molar-refractivity contribution in [3.05, 3.63) is 59.8 Å². The summed E-state index contributed by atoms with van der Waals surface area (Å²) in [4.78, 5) is 29.8. The number of likely N-dealkylation sites (N-methyl/N-ethyl adjacent to an activating group) is 1. The topological polar surface area (TPSA) is 101 Å². The summed E-state index contributed by atoms with van der Waals surface area (Å²) in [7, 11) is 1.75. The van der Waals surface area contributed by atoms with Gasteiger partial charge < -0.3 is 19.2 Å². The number of hydrogen-bond acceptors (Lipinski definition) is 6. The van der Waals surface area contributed by atoms with Gasteiger partial charge in [0.2, 0.25) is 5.91 Å². The van der Waals surface area contributed by atoms with E-state index in [1.54, 1.807) is 54.6 Å². The molecule has 0 spiro atoms. The zero-order chi connectivity index (χ0) is 19.9. The van der Waals surface area contributed by atoms with Gasteiger partial charge in [-0.2, -0.15) is 4.98 Å². The minimum atomic E-state index is -0.196. The number of furan rings is 1. The second-order valence-corrected chi connectivity index (χ2v) is 6.27. The Balaban J connectivity index is 1.57. The maximum Gasteiger partial charge on any atom is 0.257 e. The molecule has 0 aliphatic heterocycles. The molecular weight excluding hydrogens is 360 g/mol. The van der Waals surface area contributed by atoms with Crippen LogP contribution in [0.4, 0.5) is 0 Å². The molecule has 2 heterocycles. The highest BCUT2D eigenvalue weighted by atomic mass is 16.5. The average Bonchev–Trinajstić information content (AvgIpc) is 3.41. The monoisotopic (exact) mass is 382 g/mol. The summed E-state index contributed by atoms with van der Waals surface area (Å²) < 4.78 is 10.5. The van der Waals surface area contributed by atoms with Gasteiger partial charge in [0.25, 0.3) is 11.8 Å². The third-order valence-electron chi connectivity index (χ3n) is 4.26. The van der Waals surface area contributed by atoms with Gasteiger partial charge in [-0.05, 0) is 36.4 Å².